The molecule has 0 aliphatic carbocycles. The first-order valence-electron chi connectivity index (χ1n) is 6.80. The second-order valence-electron chi connectivity index (χ2n) is 5.03. The lowest BCUT2D eigenvalue weighted by Gasteiger charge is -2.11. The van der Waals surface area contributed by atoms with Gasteiger partial charge in [-0.05, 0) is 23.8 Å². The summed E-state index contributed by atoms with van der Waals surface area (Å²) in [6.07, 6.45) is 1.51. The van der Waals surface area contributed by atoms with Gasteiger partial charge in [-0.15, -0.1) is 10.2 Å². The molecule has 4 rings (SSSR count). The maximum absolute atomic E-state index is 13.0. The van der Waals surface area contributed by atoms with Crippen LogP contribution in [0.3, 0.4) is 0 Å². The van der Waals surface area contributed by atoms with Crippen molar-refractivity contribution in [3.05, 3.63) is 76.6 Å². The molecule has 6 heteroatoms. The largest absolute Gasteiger partial charge is 0.273 e. The second kappa shape index (κ2) is 4.77. The fourth-order valence-electron chi connectivity index (χ4n) is 2.60. The molecule has 4 aromatic rings. The van der Waals surface area contributed by atoms with Gasteiger partial charge in [0.15, 0.2) is 5.65 Å². The molecule has 22 heavy (non-hydrogen) atoms. The zero-order chi connectivity index (χ0) is 15.1. The fourth-order valence-corrected chi connectivity index (χ4v) is 2.60. The summed E-state index contributed by atoms with van der Waals surface area (Å²) in [6.45, 7) is 0.318. The molecule has 0 spiro atoms. The highest BCUT2D eigenvalue weighted by molar-refractivity contribution is 5.92. The summed E-state index contributed by atoms with van der Waals surface area (Å²) in [5.41, 5.74) is 1.32. The van der Waals surface area contributed by atoms with Crippen LogP contribution in [-0.2, 0) is 6.54 Å². The van der Waals surface area contributed by atoms with Crippen LogP contribution in [0.1, 0.15) is 5.56 Å². The Bertz CT molecular complexity index is 1030. The Morgan fingerprint density at radius 1 is 1.00 bits per heavy atom. The number of halogens is 1. The summed E-state index contributed by atoms with van der Waals surface area (Å²) in [4.78, 5) is 12.7. The molecule has 0 bridgehead atoms. The molecule has 108 valence electrons. The Morgan fingerprint density at radius 3 is 2.50 bits per heavy atom. The van der Waals surface area contributed by atoms with Gasteiger partial charge in [0.05, 0.1) is 11.9 Å². The predicted octanol–water partition coefficient (Wildman–Crippen LogP) is 2.23. The summed E-state index contributed by atoms with van der Waals surface area (Å²) in [5.74, 6) is -0.302. The van der Waals surface area contributed by atoms with E-state index in [4.69, 9.17) is 0 Å². The van der Waals surface area contributed by atoms with Crippen LogP contribution < -0.4 is 5.56 Å². The van der Waals surface area contributed by atoms with Crippen molar-refractivity contribution in [1.82, 2.24) is 19.4 Å². The maximum atomic E-state index is 13.0. The molecule has 2 heterocycles. The van der Waals surface area contributed by atoms with E-state index in [2.05, 4.69) is 10.2 Å². The molecule has 0 saturated carbocycles. The third kappa shape index (κ3) is 1.88. The third-order valence-corrected chi connectivity index (χ3v) is 3.67. The number of aromatic nitrogens is 4. The van der Waals surface area contributed by atoms with Crippen LogP contribution in [0.25, 0.3) is 16.4 Å². The number of fused-ring (bicyclic) bond motifs is 3. The van der Waals surface area contributed by atoms with E-state index in [-0.39, 0.29) is 11.4 Å². The second-order valence-corrected chi connectivity index (χ2v) is 5.03. The van der Waals surface area contributed by atoms with Crippen LogP contribution in [0, 0.1) is 5.82 Å². The van der Waals surface area contributed by atoms with Crippen molar-refractivity contribution in [2.45, 2.75) is 6.54 Å². The minimum absolute atomic E-state index is 0.132. The molecule has 0 fully saturated rings. The van der Waals surface area contributed by atoms with Gasteiger partial charge in [-0.25, -0.2) is 13.6 Å². The van der Waals surface area contributed by atoms with E-state index >= 15 is 0 Å². The monoisotopic (exact) mass is 294 g/mol. The molecule has 0 saturated heterocycles. The molecule has 2 aromatic heterocycles. The lowest BCUT2D eigenvalue weighted by Crippen LogP contribution is -2.26. The molecular weight excluding hydrogens is 283 g/mol. The van der Waals surface area contributed by atoms with Crippen molar-refractivity contribution >= 4 is 16.4 Å². The van der Waals surface area contributed by atoms with Crippen LogP contribution >= 0.6 is 0 Å². The van der Waals surface area contributed by atoms with Crippen molar-refractivity contribution in [2.24, 2.45) is 0 Å². The zero-order valence-electron chi connectivity index (χ0n) is 11.5. The predicted molar refractivity (Wildman–Crippen MR) is 80.3 cm³/mol. The van der Waals surface area contributed by atoms with Gasteiger partial charge >= 0.3 is 0 Å². The van der Waals surface area contributed by atoms with E-state index in [9.17, 15) is 9.18 Å². The summed E-state index contributed by atoms with van der Waals surface area (Å²) in [6, 6.07) is 13.4. The molecule has 0 aliphatic rings. The van der Waals surface area contributed by atoms with Crippen molar-refractivity contribution < 1.29 is 4.39 Å². The Kier molecular flexibility index (Phi) is 2.75. The van der Waals surface area contributed by atoms with Gasteiger partial charge in [-0.2, -0.15) is 0 Å². The molecule has 0 unspecified atom stereocenters. The quantitative estimate of drug-likeness (QED) is 0.569. The van der Waals surface area contributed by atoms with Crippen LogP contribution in [0.4, 0.5) is 4.39 Å². The Morgan fingerprint density at radius 2 is 1.73 bits per heavy atom. The van der Waals surface area contributed by atoms with Crippen molar-refractivity contribution in [1.29, 1.82) is 0 Å². The summed E-state index contributed by atoms with van der Waals surface area (Å²) in [7, 11) is 0. The smallest absolute Gasteiger partial charge is 0.267 e. The first kappa shape index (κ1) is 12.7. The van der Waals surface area contributed by atoms with E-state index in [1.165, 1.54) is 18.5 Å². The SMILES string of the molecule is O=c1c2ccccc2c2nncn2n1Cc1ccc(F)cc1. The Labute approximate surface area is 124 Å². The first-order chi connectivity index (χ1) is 10.7. The lowest BCUT2D eigenvalue weighted by molar-refractivity contribution is 0.599. The highest BCUT2D eigenvalue weighted by atomic mass is 19.1. The van der Waals surface area contributed by atoms with E-state index in [1.54, 1.807) is 27.4 Å². The number of nitrogens with zero attached hydrogens (tertiary/aromatic N) is 4. The molecular formula is C16H11FN4O. The number of hydrogen-bond acceptors (Lipinski definition) is 3. The van der Waals surface area contributed by atoms with Gasteiger partial charge in [0.2, 0.25) is 0 Å². The molecule has 0 aliphatic heterocycles. The molecule has 0 N–H and O–H groups in total. The average molecular weight is 294 g/mol. The van der Waals surface area contributed by atoms with Crippen LogP contribution in [0.2, 0.25) is 0 Å². The number of rotatable bonds is 2. The van der Waals surface area contributed by atoms with Crippen LogP contribution in [-0.4, -0.2) is 19.4 Å². The number of benzene rings is 2. The minimum Gasteiger partial charge on any atom is -0.267 e. The van der Waals surface area contributed by atoms with E-state index in [0.29, 0.717) is 17.6 Å². The van der Waals surface area contributed by atoms with Crippen molar-refractivity contribution in [2.75, 3.05) is 0 Å². The molecule has 0 radical (unpaired) electrons. The Balaban J connectivity index is 1.99. The Hall–Kier alpha value is -3.02. The maximum Gasteiger partial charge on any atom is 0.273 e. The highest BCUT2D eigenvalue weighted by Gasteiger charge is 2.11. The highest BCUT2D eigenvalue weighted by Crippen LogP contribution is 2.15. The molecule has 2 aromatic carbocycles. The standard InChI is InChI=1S/C16H11FN4O/c17-12-7-5-11(6-8-12)9-20-16(22)14-4-2-1-3-13(14)15-19-18-10-21(15)20/h1-8,10H,9H2. The fraction of sp³-hybridized carbons (Fsp3) is 0.0625. The van der Waals surface area contributed by atoms with E-state index in [0.717, 1.165) is 10.9 Å². The minimum atomic E-state index is -0.302. The van der Waals surface area contributed by atoms with E-state index in [1.807, 2.05) is 18.2 Å². The van der Waals surface area contributed by atoms with Crippen molar-refractivity contribution in [3.63, 3.8) is 0 Å². The third-order valence-electron chi connectivity index (χ3n) is 3.67. The number of hydrogen-bond donors (Lipinski definition) is 0. The first-order valence-corrected chi connectivity index (χ1v) is 6.80. The summed E-state index contributed by atoms with van der Waals surface area (Å²) >= 11 is 0. The molecule has 0 amide bonds. The van der Waals surface area contributed by atoms with Gasteiger partial charge in [-0.3, -0.25) is 4.79 Å². The normalized spacial score (nSPS) is 11.3. The lowest BCUT2D eigenvalue weighted by atomic mass is 10.2. The summed E-state index contributed by atoms with van der Waals surface area (Å²) < 4.78 is 16.2. The van der Waals surface area contributed by atoms with Gasteiger partial charge in [-0.1, -0.05) is 30.3 Å². The van der Waals surface area contributed by atoms with Crippen molar-refractivity contribution in [3.8, 4) is 0 Å². The van der Waals surface area contributed by atoms with Gasteiger partial charge < -0.3 is 0 Å². The zero-order valence-corrected chi connectivity index (χ0v) is 11.5. The van der Waals surface area contributed by atoms with Gasteiger partial charge in [0.1, 0.15) is 12.1 Å². The van der Waals surface area contributed by atoms with Gasteiger partial charge in [0.25, 0.3) is 5.56 Å². The van der Waals surface area contributed by atoms with Crippen LogP contribution in [0.5, 0.6) is 0 Å². The van der Waals surface area contributed by atoms with Gasteiger partial charge in [0, 0.05) is 5.39 Å². The van der Waals surface area contributed by atoms with Crippen LogP contribution in [0.15, 0.2) is 59.7 Å². The molecule has 5 nitrogen and oxygen atoms in total. The summed E-state index contributed by atoms with van der Waals surface area (Å²) in [5, 5.41) is 9.35. The average Bonchev–Trinajstić information content (AvgIpc) is 3.03. The molecule has 0 atom stereocenters. The topological polar surface area (TPSA) is 52.2 Å². The van der Waals surface area contributed by atoms with E-state index < -0.39 is 0 Å².